The number of hydrogen-bond acceptors (Lipinski definition) is 2. The average Bonchev–Trinajstić information content (AvgIpc) is 2.05. The Morgan fingerprint density at radius 3 is 1.64 bits per heavy atom. The smallest absolute Gasteiger partial charge is 0.0709 e. The Kier molecular flexibility index (Phi) is 1.03. The maximum Gasteiger partial charge on any atom is 0.0709 e. The molecule has 54 valence electrons. The third kappa shape index (κ3) is 0.617. The highest BCUT2D eigenvalue weighted by atomic mass is 14.7. The van der Waals surface area contributed by atoms with Crippen LogP contribution in [0.2, 0.25) is 0 Å². The lowest BCUT2D eigenvalue weighted by Crippen LogP contribution is -1.85. The van der Waals surface area contributed by atoms with Gasteiger partial charge in [-0.15, -0.1) is 0 Å². The predicted octanol–water partition coefficient (Wildman–Crippen LogP) is 2.43. The van der Waals surface area contributed by atoms with Crippen molar-refractivity contribution in [1.29, 1.82) is 0 Å². The van der Waals surface area contributed by atoms with Crippen molar-refractivity contribution in [3.63, 3.8) is 0 Å². The Bertz CT molecular complexity index is 377. The zero-order chi connectivity index (χ0) is 6.55. The monoisotopic (exact) mass is 144 g/mol. The van der Waals surface area contributed by atoms with Crippen molar-refractivity contribution in [3.8, 4) is 0 Å². The van der Waals surface area contributed by atoms with E-state index >= 15 is 0 Å². The molecule has 5 rings (SSSR count). The summed E-state index contributed by atoms with van der Waals surface area (Å²) < 4.78 is 0. The van der Waals surface area contributed by atoms with E-state index in [4.69, 9.17) is 0 Å². The van der Waals surface area contributed by atoms with Crippen LogP contribution in [0.3, 0.4) is 0 Å². The van der Waals surface area contributed by atoms with Crippen molar-refractivity contribution in [1.82, 2.24) is 11.1 Å². The molecule has 5 aromatic rings. The standard InChI is InChI=1S/C9H5N.H3N/c1-3-8-7-2-4-9(10-8)6(1)5-7;/h1-5H;1H3. The van der Waals surface area contributed by atoms with Crippen LogP contribution in [0.1, 0.15) is 0 Å². The molecule has 11 heavy (non-hydrogen) atoms. The van der Waals surface area contributed by atoms with Crippen LogP contribution in [0.25, 0.3) is 21.8 Å². The minimum absolute atomic E-state index is 0. The molecule has 0 spiro atoms. The van der Waals surface area contributed by atoms with E-state index in [0.717, 1.165) is 11.0 Å². The summed E-state index contributed by atoms with van der Waals surface area (Å²) in [5.41, 5.74) is 2.24. The molecule has 2 nitrogen and oxygen atoms in total. The van der Waals surface area contributed by atoms with E-state index in [0.29, 0.717) is 0 Å². The number of pyridine rings is 3. The van der Waals surface area contributed by atoms with E-state index in [1.807, 2.05) is 0 Å². The predicted molar refractivity (Wildman–Crippen MR) is 46.6 cm³/mol. The van der Waals surface area contributed by atoms with Gasteiger partial charge < -0.3 is 6.15 Å². The van der Waals surface area contributed by atoms with Gasteiger partial charge in [-0.2, -0.15) is 0 Å². The molecular formula is C9H8N2. The zero-order valence-corrected chi connectivity index (χ0v) is 6.04. The van der Waals surface area contributed by atoms with Crippen LogP contribution in [0.4, 0.5) is 0 Å². The summed E-state index contributed by atoms with van der Waals surface area (Å²) in [6, 6.07) is 10.5. The number of aromatic nitrogens is 1. The maximum atomic E-state index is 4.37. The molecule has 3 heterocycles. The molecule has 0 amide bonds. The molecule has 3 aromatic heterocycles. The molecule has 0 saturated heterocycles. The van der Waals surface area contributed by atoms with Gasteiger partial charge in [0.05, 0.1) is 11.0 Å². The lowest BCUT2D eigenvalue weighted by Gasteiger charge is -2.04. The van der Waals surface area contributed by atoms with Gasteiger partial charge in [-0.25, -0.2) is 4.98 Å². The van der Waals surface area contributed by atoms with Gasteiger partial charge in [0.1, 0.15) is 0 Å². The molecule has 0 aliphatic heterocycles. The third-order valence-electron chi connectivity index (χ3n) is 1.98. The number of fused-ring (bicyclic) bond motifs is 2. The van der Waals surface area contributed by atoms with Crippen LogP contribution in [-0.2, 0) is 0 Å². The first-order valence-corrected chi connectivity index (χ1v) is 3.35. The van der Waals surface area contributed by atoms with Crippen LogP contribution >= 0.6 is 0 Å². The lowest BCUT2D eigenvalue weighted by atomic mass is 10.1. The Hall–Kier alpha value is -1.41. The van der Waals surface area contributed by atoms with Crippen molar-refractivity contribution in [2.75, 3.05) is 0 Å². The quantitative estimate of drug-likeness (QED) is 0.526. The first kappa shape index (κ1) is 6.31. The van der Waals surface area contributed by atoms with Gasteiger partial charge in [-0.1, -0.05) is 12.1 Å². The molecule has 0 atom stereocenters. The Balaban J connectivity index is 0.000000480. The SMILES string of the molecule is N.c1cc2nc3ccc2cc13. The number of benzene rings is 2. The highest BCUT2D eigenvalue weighted by Crippen LogP contribution is 2.23. The largest absolute Gasteiger partial charge is 0.344 e. The summed E-state index contributed by atoms with van der Waals surface area (Å²) in [6.45, 7) is 0. The summed E-state index contributed by atoms with van der Waals surface area (Å²) in [6.07, 6.45) is 0. The number of nitrogens with zero attached hydrogens (tertiary/aromatic N) is 1. The van der Waals surface area contributed by atoms with Crippen LogP contribution < -0.4 is 6.15 Å². The Labute approximate surface area is 64.1 Å². The van der Waals surface area contributed by atoms with Gasteiger partial charge in [0, 0.05) is 10.8 Å². The lowest BCUT2D eigenvalue weighted by molar-refractivity contribution is 1.48. The third-order valence-corrected chi connectivity index (χ3v) is 1.98. The summed E-state index contributed by atoms with van der Waals surface area (Å²) in [5, 5.41) is 2.51. The van der Waals surface area contributed by atoms with Crippen molar-refractivity contribution in [2.45, 2.75) is 0 Å². The molecule has 0 saturated carbocycles. The van der Waals surface area contributed by atoms with Crippen molar-refractivity contribution >= 4 is 21.8 Å². The fraction of sp³-hybridized carbons (Fsp3) is 0. The second kappa shape index (κ2) is 1.80. The van der Waals surface area contributed by atoms with Crippen LogP contribution in [0, 0.1) is 0 Å². The second-order valence-electron chi connectivity index (χ2n) is 2.60. The van der Waals surface area contributed by atoms with Crippen molar-refractivity contribution in [2.24, 2.45) is 0 Å². The Morgan fingerprint density at radius 1 is 0.818 bits per heavy atom. The van der Waals surface area contributed by atoms with E-state index in [1.165, 1.54) is 10.8 Å². The normalized spacial score (nSPS) is 10.9. The number of rotatable bonds is 0. The molecule has 0 unspecified atom stereocenters. The molecule has 4 bridgehead atoms. The zero-order valence-electron chi connectivity index (χ0n) is 6.04. The molecule has 3 N–H and O–H groups in total. The topological polar surface area (TPSA) is 47.9 Å². The first-order valence-electron chi connectivity index (χ1n) is 3.35. The van der Waals surface area contributed by atoms with Gasteiger partial charge in [0.25, 0.3) is 0 Å². The fourth-order valence-electron chi connectivity index (χ4n) is 1.45. The van der Waals surface area contributed by atoms with E-state index in [-0.39, 0.29) is 6.15 Å². The summed E-state index contributed by atoms with van der Waals surface area (Å²) in [4.78, 5) is 4.37. The van der Waals surface area contributed by atoms with E-state index in [1.54, 1.807) is 0 Å². The summed E-state index contributed by atoms with van der Waals surface area (Å²) in [5.74, 6) is 0. The highest BCUT2D eigenvalue weighted by Gasteiger charge is 2.02. The van der Waals surface area contributed by atoms with Crippen LogP contribution in [0.15, 0.2) is 30.3 Å². The molecule has 0 aliphatic carbocycles. The fourth-order valence-corrected chi connectivity index (χ4v) is 1.45. The molecule has 0 aliphatic rings. The van der Waals surface area contributed by atoms with Crippen molar-refractivity contribution < 1.29 is 0 Å². The molecule has 0 radical (unpaired) electrons. The van der Waals surface area contributed by atoms with Crippen LogP contribution in [-0.4, -0.2) is 4.98 Å². The second-order valence-corrected chi connectivity index (χ2v) is 2.60. The average molecular weight is 144 g/mol. The van der Waals surface area contributed by atoms with Crippen LogP contribution in [0.5, 0.6) is 0 Å². The van der Waals surface area contributed by atoms with Gasteiger partial charge in [0.15, 0.2) is 0 Å². The highest BCUT2D eigenvalue weighted by molar-refractivity contribution is 5.97. The van der Waals surface area contributed by atoms with Crippen molar-refractivity contribution in [3.05, 3.63) is 30.3 Å². The molecule has 2 heteroatoms. The summed E-state index contributed by atoms with van der Waals surface area (Å²) >= 11 is 0. The van der Waals surface area contributed by atoms with E-state index < -0.39 is 0 Å². The van der Waals surface area contributed by atoms with Gasteiger partial charge in [-0.3, -0.25) is 0 Å². The maximum absolute atomic E-state index is 4.37. The number of hydrogen-bond donors (Lipinski definition) is 1. The Morgan fingerprint density at radius 2 is 1.36 bits per heavy atom. The molecule has 2 aromatic carbocycles. The van der Waals surface area contributed by atoms with Gasteiger partial charge in [0.2, 0.25) is 0 Å². The van der Waals surface area contributed by atoms with Gasteiger partial charge in [-0.05, 0) is 18.2 Å². The first-order chi connectivity index (χ1) is 4.93. The molecule has 0 fully saturated rings. The minimum Gasteiger partial charge on any atom is -0.344 e. The summed E-state index contributed by atoms with van der Waals surface area (Å²) in [7, 11) is 0. The van der Waals surface area contributed by atoms with Gasteiger partial charge >= 0.3 is 0 Å². The van der Waals surface area contributed by atoms with E-state index in [2.05, 4.69) is 35.3 Å². The molecular weight excluding hydrogens is 136 g/mol. The minimum atomic E-state index is 0. The van der Waals surface area contributed by atoms with E-state index in [9.17, 15) is 0 Å².